The van der Waals surface area contributed by atoms with Crippen LogP contribution in [0.5, 0.6) is 0 Å². The monoisotopic (exact) mass is 502 g/mol. The summed E-state index contributed by atoms with van der Waals surface area (Å²) in [5.41, 5.74) is 8.24. The maximum Gasteiger partial charge on any atom is 0.339 e. The minimum Gasteiger partial charge on any atom is -0.457 e. The molecule has 36 heavy (non-hydrogen) atoms. The smallest absolute Gasteiger partial charge is 0.339 e. The summed E-state index contributed by atoms with van der Waals surface area (Å²) in [7, 11) is 2.50. The molecule has 2 heterocycles. The van der Waals surface area contributed by atoms with Gasteiger partial charge < -0.3 is 14.6 Å². The molecule has 0 saturated heterocycles. The molecule has 0 atom stereocenters. The number of unbranched alkanes of at least 4 members (excludes halogenated alkanes) is 3. The fourth-order valence-electron chi connectivity index (χ4n) is 4.40. The van der Waals surface area contributed by atoms with Gasteiger partial charge in [0, 0.05) is 20.5 Å². The third kappa shape index (κ3) is 8.06. The van der Waals surface area contributed by atoms with Crippen LogP contribution in [0.3, 0.4) is 0 Å². The lowest BCUT2D eigenvalue weighted by atomic mass is 9.95. The molecular formula is C31H46O5. The SMILES string of the molecule is C=C.CCCCCc1ccc(C)c2c1COC2=O.Cc1ccc(CCCCO)c2c1C(=O)OC2.[3H]C.[3H]C. The average Bonchev–Trinajstić information content (AvgIpc) is 3.55. The van der Waals surface area contributed by atoms with E-state index in [1.807, 2.05) is 26.0 Å². The highest BCUT2D eigenvalue weighted by atomic mass is 16.5. The minimum absolute atomic E-state index is 0.148. The summed E-state index contributed by atoms with van der Waals surface area (Å²) >= 11 is 0. The first-order chi connectivity index (χ1) is 18.5. The average molecular weight is 503 g/mol. The van der Waals surface area contributed by atoms with Gasteiger partial charge in [-0.3, -0.25) is 0 Å². The lowest BCUT2D eigenvalue weighted by molar-refractivity contribution is 0.0525. The second kappa shape index (κ2) is 16.7. The lowest BCUT2D eigenvalue weighted by Gasteiger charge is -2.07. The van der Waals surface area contributed by atoms with Crippen LogP contribution < -0.4 is 0 Å². The molecule has 2 aliphatic rings. The first-order valence-corrected chi connectivity index (χ1v) is 12.2. The Hall–Kier alpha value is -2.92. The molecule has 0 radical (unpaired) electrons. The predicted octanol–water partition coefficient (Wildman–Crippen LogP) is 7.45. The standard InChI is InChI=1S/C14H18O2.C13H16O3.C2H4.2CH4/c1-3-4-5-6-11-8-7-10(2)13-12(11)9-16-14(13)15;1-9-5-6-10(4-2-3-7-14)11-8-16-13(15)12(9)11;1-2;;/h7-8H,3-6,9H2,1-2H3;5-6,14H,2-4,7-8H2,1H3;1-2H2;2*1H4/i;;;2*1T. The first kappa shape index (κ1) is 29.3. The first-order valence-electron chi connectivity index (χ1n) is 14.2. The van der Waals surface area contributed by atoms with Crippen molar-refractivity contribution in [1.82, 2.24) is 0 Å². The number of benzene rings is 2. The van der Waals surface area contributed by atoms with Crippen LogP contribution in [0.1, 0.15) is 111 Å². The number of aliphatic hydroxyl groups excluding tert-OH is 1. The van der Waals surface area contributed by atoms with E-state index >= 15 is 0 Å². The molecule has 2 aromatic carbocycles. The van der Waals surface area contributed by atoms with Gasteiger partial charge in [-0.15, -0.1) is 13.2 Å². The van der Waals surface area contributed by atoms with Crippen LogP contribution in [0, 0.1) is 13.8 Å². The number of hydrogen-bond acceptors (Lipinski definition) is 5. The van der Waals surface area contributed by atoms with E-state index in [-0.39, 0.29) is 18.5 Å². The molecule has 200 valence electrons. The molecule has 5 heteroatoms. The Morgan fingerprint density at radius 2 is 1.22 bits per heavy atom. The fourth-order valence-corrected chi connectivity index (χ4v) is 4.40. The van der Waals surface area contributed by atoms with Gasteiger partial charge in [-0.25, -0.2) is 9.59 Å². The largest absolute Gasteiger partial charge is 0.457 e. The zero-order valence-corrected chi connectivity index (χ0v) is 22.9. The Labute approximate surface area is 221 Å². The number of ether oxygens (including phenoxy) is 2. The van der Waals surface area contributed by atoms with Crippen LogP contribution in [0.2, 0.25) is 0 Å². The number of carbonyl (C=O) groups is 2. The van der Waals surface area contributed by atoms with Gasteiger partial charge in [0.1, 0.15) is 13.2 Å². The number of hydrogen-bond donors (Lipinski definition) is 1. The maximum atomic E-state index is 11.5. The Bertz CT molecular complexity index is 925. The second-order valence-electron chi connectivity index (χ2n) is 8.58. The number of cyclic esters (lactones) is 2. The summed E-state index contributed by atoms with van der Waals surface area (Å²) in [5.74, 6) is -0.346. The van der Waals surface area contributed by atoms with Crippen molar-refractivity contribution in [3.05, 3.63) is 81.9 Å². The van der Waals surface area contributed by atoms with Gasteiger partial charge in [-0.2, -0.15) is 0 Å². The van der Waals surface area contributed by atoms with E-state index < -0.39 is 0 Å². The normalized spacial score (nSPS) is 12.7. The van der Waals surface area contributed by atoms with Crippen LogP contribution in [0.25, 0.3) is 0 Å². The minimum atomic E-state index is -0.198. The van der Waals surface area contributed by atoms with Crippen LogP contribution >= 0.6 is 0 Å². The number of rotatable bonds is 8. The summed E-state index contributed by atoms with van der Waals surface area (Å²) < 4.78 is 21.7. The third-order valence-corrected chi connectivity index (χ3v) is 6.24. The molecule has 0 unspecified atom stereocenters. The van der Waals surface area contributed by atoms with Crippen molar-refractivity contribution in [3.8, 4) is 0 Å². The van der Waals surface area contributed by atoms with Crippen molar-refractivity contribution in [2.75, 3.05) is 6.61 Å². The van der Waals surface area contributed by atoms with E-state index in [4.69, 9.17) is 17.3 Å². The van der Waals surface area contributed by atoms with E-state index in [2.05, 4.69) is 32.2 Å². The van der Waals surface area contributed by atoms with Crippen molar-refractivity contribution in [2.24, 2.45) is 0 Å². The molecule has 0 aromatic heterocycles. The Morgan fingerprint density at radius 1 is 0.806 bits per heavy atom. The van der Waals surface area contributed by atoms with Crippen LogP contribution in [-0.2, 0) is 35.5 Å². The quantitative estimate of drug-likeness (QED) is 0.230. The maximum absolute atomic E-state index is 11.5. The zero-order valence-electron chi connectivity index (χ0n) is 24.9. The van der Waals surface area contributed by atoms with Gasteiger partial charge in [0.25, 0.3) is 0 Å². The lowest BCUT2D eigenvalue weighted by Crippen LogP contribution is -2.00. The molecule has 0 fully saturated rings. The molecule has 0 amide bonds. The summed E-state index contributed by atoms with van der Waals surface area (Å²) in [5, 5.41) is 8.75. The molecule has 0 spiro atoms. The van der Waals surface area contributed by atoms with Crippen LogP contribution in [-0.4, -0.2) is 23.7 Å². The fraction of sp³-hybridized carbons (Fsp3) is 0.484. The molecule has 0 aliphatic carbocycles. The van der Waals surface area contributed by atoms with E-state index in [9.17, 15) is 9.59 Å². The van der Waals surface area contributed by atoms with Crippen LogP contribution in [0.15, 0.2) is 37.4 Å². The highest BCUT2D eigenvalue weighted by Crippen LogP contribution is 2.28. The Morgan fingerprint density at radius 3 is 1.61 bits per heavy atom. The van der Waals surface area contributed by atoms with Crippen molar-refractivity contribution in [1.29, 1.82) is 0 Å². The number of aliphatic hydroxyl groups is 1. The number of esters is 2. The zero-order chi connectivity index (χ0) is 29.1. The van der Waals surface area contributed by atoms with E-state index in [1.165, 1.54) is 45.2 Å². The van der Waals surface area contributed by atoms with Gasteiger partial charge in [-0.1, -0.05) is 58.8 Å². The van der Waals surface area contributed by atoms with Gasteiger partial charge in [0.2, 0.25) is 0 Å². The Kier molecular flexibility index (Phi) is 13.6. The number of fused-ring (bicyclic) bond motifs is 2. The van der Waals surface area contributed by atoms with Gasteiger partial charge in [0.15, 0.2) is 0 Å². The summed E-state index contributed by atoms with van der Waals surface area (Å²) in [6.07, 6.45) is 7.38. The molecular weight excluding hydrogens is 452 g/mol. The Balaban J connectivity index is 0.000000603. The molecule has 4 rings (SSSR count). The van der Waals surface area contributed by atoms with E-state index in [0.29, 0.717) is 13.2 Å². The highest BCUT2D eigenvalue weighted by Gasteiger charge is 2.26. The topological polar surface area (TPSA) is 72.8 Å². The third-order valence-electron chi connectivity index (χ3n) is 6.24. The summed E-state index contributed by atoms with van der Waals surface area (Å²) in [4.78, 5) is 23.1. The summed E-state index contributed by atoms with van der Waals surface area (Å²) in [6, 6.07) is 8.21. The van der Waals surface area contributed by atoms with E-state index in [0.717, 1.165) is 59.1 Å². The molecule has 2 aromatic rings. The van der Waals surface area contributed by atoms with Gasteiger partial charge >= 0.3 is 11.9 Å². The van der Waals surface area contributed by atoms with Crippen molar-refractivity contribution in [3.63, 3.8) is 0 Å². The van der Waals surface area contributed by atoms with Gasteiger partial charge in [-0.05, 0) is 68.2 Å². The number of carbonyl (C=O) groups excluding carboxylic acids is 2. The van der Waals surface area contributed by atoms with Crippen molar-refractivity contribution in [2.45, 2.75) is 93.7 Å². The predicted molar refractivity (Wildman–Crippen MR) is 149 cm³/mol. The molecule has 0 saturated carbocycles. The second-order valence-corrected chi connectivity index (χ2v) is 8.58. The van der Waals surface area contributed by atoms with E-state index in [1.54, 1.807) is 0 Å². The van der Waals surface area contributed by atoms with Crippen LogP contribution in [0.4, 0.5) is 0 Å². The van der Waals surface area contributed by atoms with Crippen molar-refractivity contribution >= 4 is 11.9 Å². The number of aryl methyl sites for hydroxylation is 4. The molecule has 2 aliphatic heterocycles. The van der Waals surface area contributed by atoms with Crippen molar-refractivity contribution < 1.29 is 26.9 Å². The summed E-state index contributed by atoms with van der Waals surface area (Å²) in [6.45, 7) is 13.2. The molecule has 5 nitrogen and oxygen atoms in total. The molecule has 1 N–H and O–H groups in total. The molecule has 0 bridgehead atoms. The highest BCUT2D eigenvalue weighted by molar-refractivity contribution is 5.96. The van der Waals surface area contributed by atoms with Gasteiger partial charge in [0.05, 0.1) is 11.1 Å².